The maximum atomic E-state index is 13.0. The van der Waals surface area contributed by atoms with Crippen molar-refractivity contribution >= 4 is 34.6 Å². The van der Waals surface area contributed by atoms with Gasteiger partial charge in [0.25, 0.3) is 11.8 Å². The van der Waals surface area contributed by atoms with Crippen molar-refractivity contribution in [1.82, 2.24) is 10.4 Å². The first kappa shape index (κ1) is 23.8. The number of furan rings is 1. The minimum absolute atomic E-state index is 0.228. The van der Waals surface area contributed by atoms with Gasteiger partial charge in [0.05, 0.1) is 22.6 Å². The van der Waals surface area contributed by atoms with Gasteiger partial charge in [-0.05, 0) is 68.3 Å². The number of hydrazone groups is 1. The molecule has 0 saturated carbocycles. The highest BCUT2D eigenvalue weighted by Crippen LogP contribution is 2.30. The number of aromatic nitrogens is 1. The Bertz CT molecular complexity index is 1480. The van der Waals surface area contributed by atoms with Crippen molar-refractivity contribution in [2.75, 3.05) is 5.32 Å². The quantitative estimate of drug-likeness (QED) is 0.249. The van der Waals surface area contributed by atoms with Gasteiger partial charge in [-0.2, -0.15) is 15.3 Å². The highest BCUT2D eigenvalue weighted by molar-refractivity contribution is 6.09. The fourth-order valence-corrected chi connectivity index (χ4v) is 4.09. The van der Waals surface area contributed by atoms with Gasteiger partial charge in [0.15, 0.2) is 5.76 Å². The van der Waals surface area contributed by atoms with Crippen LogP contribution in [0.5, 0.6) is 0 Å². The molecule has 5 rings (SSSR count). The number of azo groups is 1. The van der Waals surface area contributed by atoms with Crippen LogP contribution in [-0.4, -0.2) is 22.5 Å². The average Bonchev–Trinajstić information content (AvgIpc) is 3.29. The molecule has 2 heterocycles. The Balaban J connectivity index is 1.29. The van der Waals surface area contributed by atoms with E-state index in [2.05, 4.69) is 31.1 Å². The summed E-state index contributed by atoms with van der Waals surface area (Å²) >= 11 is 0. The van der Waals surface area contributed by atoms with Crippen molar-refractivity contribution in [3.05, 3.63) is 107 Å². The monoisotopic (exact) mass is 492 g/mol. The summed E-state index contributed by atoms with van der Waals surface area (Å²) in [6, 6.07) is 19.9. The maximum Gasteiger partial charge on any atom is 0.291 e. The average molecular weight is 493 g/mol. The molecule has 2 aromatic heterocycles. The molecule has 2 N–H and O–H groups in total. The molecule has 0 saturated heterocycles. The second kappa shape index (κ2) is 10.8. The molecular formula is C28H24N6O3. The lowest BCUT2D eigenvalue weighted by atomic mass is 9.93. The lowest BCUT2D eigenvalue weighted by molar-refractivity contribution is 0.0953. The maximum absolute atomic E-state index is 13.0. The fraction of sp³-hybridized carbons (Fsp3) is 0.143. The standard InChI is InChI=1S/C28H24N6O3/c1-18-25-23(33-34-27(35)19-7-6-16-29-17-19)10-5-11-24(25)37-26(18)28(36)30-20-12-14-22(15-13-20)32-31-21-8-3-2-4-9-21/h2-4,6-9,12-17H,5,10-11H2,1H3,(H,30,36)(H,34,35). The van der Waals surface area contributed by atoms with Gasteiger partial charge in [-0.15, -0.1) is 0 Å². The van der Waals surface area contributed by atoms with Crippen molar-refractivity contribution in [3.8, 4) is 0 Å². The summed E-state index contributed by atoms with van der Waals surface area (Å²) in [5.41, 5.74) is 7.20. The number of rotatable bonds is 6. The van der Waals surface area contributed by atoms with E-state index in [9.17, 15) is 9.59 Å². The summed E-state index contributed by atoms with van der Waals surface area (Å²) in [4.78, 5) is 29.4. The van der Waals surface area contributed by atoms with E-state index in [1.807, 2.05) is 37.3 Å². The summed E-state index contributed by atoms with van der Waals surface area (Å²) in [6.07, 6.45) is 5.25. The van der Waals surface area contributed by atoms with Gasteiger partial charge in [0.1, 0.15) is 5.76 Å². The first-order valence-corrected chi connectivity index (χ1v) is 11.9. The van der Waals surface area contributed by atoms with Gasteiger partial charge in [-0.1, -0.05) is 18.2 Å². The van der Waals surface area contributed by atoms with E-state index in [-0.39, 0.29) is 17.6 Å². The number of carbonyl (C=O) groups is 2. The number of benzene rings is 2. The van der Waals surface area contributed by atoms with Crippen molar-refractivity contribution in [2.24, 2.45) is 15.3 Å². The largest absolute Gasteiger partial charge is 0.455 e. The molecule has 2 aromatic carbocycles. The summed E-state index contributed by atoms with van der Waals surface area (Å²) in [5.74, 6) is 0.217. The molecule has 9 nitrogen and oxygen atoms in total. The van der Waals surface area contributed by atoms with Crippen LogP contribution < -0.4 is 10.7 Å². The minimum atomic E-state index is -0.357. The normalized spacial score (nSPS) is 13.9. The second-order valence-corrected chi connectivity index (χ2v) is 8.49. The second-order valence-electron chi connectivity index (χ2n) is 8.49. The predicted octanol–water partition coefficient (Wildman–Crippen LogP) is 6.12. The fourth-order valence-electron chi connectivity index (χ4n) is 4.09. The van der Waals surface area contributed by atoms with Crippen LogP contribution in [0.3, 0.4) is 0 Å². The summed E-state index contributed by atoms with van der Waals surface area (Å²) < 4.78 is 5.95. The zero-order valence-electron chi connectivity index (χ0n) is 20.1. The smallest absolute Gasteiger partial charge is 0.291 e. The molecule has 0 aliphatic heterocycles. The number of hydrogen-bond donors (Lipinski definition) is 2. The van der Waals surface area contributed by atoms with Crippen LogP contribution in [-0.2, 0) is 6.42 Å². The Morgan fingerprint density at radius 3 is 2.38 bits per heavy atom. The molecule has 0 atom stereocenters. The molecule has 2 amide bonds. The molecule has 37 heavy (non-hydrogen) atoms. The number of fused-ring (bicyclic) bond motifs is 1. The lowest BCUT2D eigenvalue weighted by Gasteiger charge is -2.13. The Hall–Kier alpha value is -4.92. The molecule has 0 spiro atoms. The van der Waals surface area contributed by atoms with Gasteiger partial charge >= 0.3 is 0 Å². The predicted molar refractivity (Wildman–Crippen MR) is 140 cm³/mol. The Morgan fingerprint density at radius 2 is 1.65 bits per heavy atom. The Labute approximate surface area is 213 Å². The highest BCUT2D eigenvalue weighted by Gasteiger charge is 2.28. The zero-order valence-corrected chi connectivity index (χ0v) is 20.1. The van der Waals surface area contributed by atoms with Crippen molar-refractivity contribution < 1.29 is 14.0 Å². The topological polar surface area (TPSA) is 121 Å². The van der Waals surface area contributed by atoms with Crippen LogP contribution >= 0.6 is 0 Å². The van der Waals surface area contributed by atoms with Crippen LogP contribution in [0, 0.1) is 6.92 Å². The third-order valence-corrected chi connectivity index (χ3v) is 5.91. The summed E-state index contributed by atoms with van der Waals surface area (Å²) in [6.45, 7) is 1.83. The van der Waals surface area contributed by atoms with E-state index in [1.54, 1.807) is 42.6 Å². The number of carbonyl (C=O) groups excluding carboxylic acids is 2. The molecule has 0 radical (unpaired) electrons. The molecule has 1 aliphatic rings. The molecular weight excluding hydrogens is 468 g/mol. The van der Waals surface area contributed by atoms with Crippen LogP contribution in [0.25, 0.3) is 0 Å². The minimum Gasteiger partial charge on any atom is -0.455 e. The number of pyridine rings is 1. The van der Waals surface area contributed by atoms with Crippen LogP contribution in [0.4, 0.5) is 17.1 Å². The van der Waals surface area contributed by atoms with Crippen LogP contribution in [0.15, 0.2) is 98.9 Å². The number of nitrogens with one attached hydrogen (secondary N) is 2. The zero-order chi connectivity index (χ0) is 25.6. The van der Waals surface area contributed by atoms with Gasteiger partial charge in [-0.3, -0.25) is 14.6 Å². The van der Waals surface area contributed by atoms with E-state index in [0.29, 0.717) is 46.8 Å². The van der Waals surface area contributed by atoms with E-state index in [0.717, 1.165) is 17.7 Å². The Morgan fingerprint density at radius 1 is 0.892 bits per heavy atom. The number of anilines is 1. The van der Waals surface area contributed by atoms with Gasteiger partial charge in [0.2, 0.25) is 0 Å². The Kier molecular flexibility index (Phi) is 6.93. The van der Waals surface area contributed by atoms with E-state index in [1.165, 1.54) is 6.20 Å². The SMILES string of the molecule is Cc1c(C(=O)Nc2ccc(N=Nc3ccccc3)cc2)oc2c1C(=NNC(=O)c1cccnc1)CCC2. The van der Waals surface area contributed by atoms with Crippen molar-refractivity contribution in [2.45, 2.75) is 26.2 Å². The summed E-state index contributed by atoms with van der Waals surface area (Å²) in [5, 5.41) is 15.6. The molecule has 0 bridgehead atoms. The van der Waals surface area contributed by atoms with Gasteiger partial charge < -0.3 is 9.73 Å². The molecule has 1 aliphatic carbocycles. The third kappa shape index (κ3) is 5.51. The van der Waals surface area contributed by atoms with Crippen LogP contribution in [0.1, 0.15) is 50.6 Å². The molecule has 9 heteroatoms. The van der Waals surface area contributed by atoms with E-state index < -0.39 is 0 Å². The first-order valence-electron chi connectivity index (χ1n) is 11.9. The van der Waals surface area contributed by atoms with E-state index >= 15 is 0 Å². The number of nitrogens with zero attached hydrogens (tertiary/aromatic N) is 4. The molecule has 0 fully saturated rings. The number of aryl methyl sites for hydroxylation is 1. The van der Waals surface area contributed by atoms with E-state index in [4.69, 9.17) is 4.42 Å². The third-order valence-electron chi connectivity index (χ3n) is 5.91. The molecule has 4 aromatic rings. The van der Waals surface area contributed by atoms with Gasteiger partial charge in [0, 0.05) is 35.6 Å². The molecule has 184 valence electrons. The lowest BCUT2D eigenvalue weighted by Crippen LogP contribution is -2.22. The highest BCUT2D eigenvalue weighted by atomic mass is 16.4. The number of hydrogen-bond acceptors (Lipinski definition) is 7. The first-order chi connectivity index (χ1) is 18.1. The number of amides is 2. The van der Waals surface area contributed by atoms with Crippen molar-refractivity contribution in [1.29, 1.82) is 0 Å². The van der Waals surface area contributed by atoms with Crippen molar-refractivity contribution in [3.63, 3.8) is 0 Å². The van der Waals surface area contributed by atoms with Gasteiger partial charge in [-0.25, -0.2) is 5.43 Å². The molecule has 0 unspecified atom stereocenters. The summed E-state index contributed by atoms with van der Waals surface area (Å²) in [7, 11) is 0. The van der Waals surface area contributed by atoms with Crippen LogP contribution in [0.2, 0.25) is 0 Å².